The number of nitrogens with one attached hydrogen (secondary N) is 1. The maximum atomic E-state index is 15.3. The van der Waals surface area contributed by atoms with E-state index < -0.39 is 30.5 Å². The highest BCUT2D eigenvalue weighted by Crippen LogP contribution is 2.36. The fraction of sp³-hybridized carbons (Fsp3) is 0.500. The van der Waals surface area contributed by atoms with Crippen LogP contribution >= 0.6 is 0 Å². The van der Waals surface area contributed by atoms with Crippen LogP contribution in [0.1, 0.15) is 19.4 Å². The average Bonchev–Trinajstić information content (AvgIpc) is 3.43. The van der Waals surface area contributed by atoms with Crippen LogP contribution in [-0.4, -0.2) is 92.6 Å². The van der Waals surface area contributed by atoms with Gasteiger partial charge in [-0.2, -0.15) is 4.98 Å². The van der Waals surface area contributed by atoms with Gasteiger partial charge in [0.15, 0.2) is 5.82 Å². The molecular weight excluding hydrogens is 508 g/mol. The molecule has 4 aromatic rings. The van der Waals surface area contributed by atoms with Crippen molar-refractivity contribution in [1.82, 2.24) is 34.5 Å². The Morgan fingerprint density at radius 2 is 2.05 bits per heavy atom. The molecule has 10 nitrogen and oxygen atoms in total. The van der Waals surface area contributed by atoms with Gasteiger partial charge < -0.3 is 14.8 Å². The zero-order chi connectivity index (χ0) is 26.6. The van der Waals surface area contributed by atoms with E-state index in [9.17, 15) is 13.2 Å². The summed E-state index contributed by atoms with van der Waals surface area (Å²) in [6.45, 7) is 3.58. The molecule has 0 unspecified atom stereocenters. The van der Waals surface area contributed by atoms with Gasteiger partial charge in [-0.1, -0.05) is 11.3 Å². The predicted molar refractivity (Wildman–Crippen MR) is 130 cm³/mol. The number of halogens is 4. The van der Waals surface area contributed by atoms with Crippen LogP contribution < -0.4 is 10.1 Å². The van der Waals surface area contributed by atoms with Gasteiger partial charge in [0.2, 0.25) is 11.8 Å². The fourth-order valence-electron chi connectivity index (χ4n) is 5.02. The summed E-state index contributed by atoms with van der Waals surface area (Å²) in [7, 11) is 1.39. The van der Waals surface area contributed by atoms with Crippen LogP contribution in [0.3, 0.4) is 0 Å². The van der Waals surface area contributed by atoms with E-state index in [0.29, 0.717) is 42.8 Å². The lowest BCUT2D eigenvalue weighted by atomic mass is 10.0. The second kappa shape index (κ2) is 9.66. The second-order valence-electron chi connectivity index (χ2n) is 9.64. The first-order chi connectivity index (χ1) is 18.3. The molecule has 2 aliphatic heterocycles. The van der Waals surface area contributed by atoms with Gasteiger partial charge in [0, 0.05) is 13.1 Å². The molecule has 38 heavy (non-hydrogen) atoms. The summed E-state index contributed by atoms with van der Waals surface area (Å²) in [6, 6.07) is 3.28. The summed E-state index contributed by atoms with van der Waals surface area (Å²) < 4.78 is 70.1. The number of nitrogens with zero attached hydrogens (tertiary/aromatic N) is 7. The maximum Gasteiger partial charge on any atom is 0.260 e. The van der Waals surface area contributed by atoms with Gasteiger partial charge in [0.05, 0.1) is 49.7 Å². The third kappa shape index (κ3) is 4.21. The normalized spacial score (nSPS) is 21.8. The molecule has 1 aromatic carbocycles. The van der Waals surface area contributed by atoms with Gasteiger partial charge in [-0.05, 0) is 31.0 Å². The van der Waals surface area contributed by atoms with E-state index in [1.54, 1.807) is 18.2 Å². The quantitative estimate of drug-likeness (QED) is 0.361. The molecule has 0 spiro atoms. The number of aromatic nitrogens is 6. The zero-order valence-corrected chi connectivity index (χ0v) is 20.7. The van der Waals surface area contributed by atoms with Crippen LogP contribution in [-0.2, 0) is 4.74 Å². The Morgan fingerprint density at radius 1 is 1.24 bits per heavy atom. The molecular formula is C24H26F4N8O2. The lowest BCUT2D eigenvalue weighted by molar-refractivity contribution is -0.0794. The summed E-state index contributed by atoms with van der Waals surface area (Å²) in [5, 5.41) is 15.2. The van der Waals surface area contributed by atoms with Crippen molar-refractivity contribution in [2.24, 2.45) is 0 Å². The molecule has 0 aliphatic carbocycles. The van der Waals surface area contributed by atoms with E-state index in [4.69, 9.17) is 9.47 Å². The van der Waals surface area contributed by atoms with Crippen LogP contribution in [0, 0.1) is 5.82 Å². The second-order valence-corrected chi connectivity index (χ2v) is 9.64. The smallest absolute Gasteiger partial charge is 0.260 e. The number of hydrogen-bond acceptors (Lipinski definition) is 8. The van der Waals surface area contributed by atoms with Gasteiger partial charge in [-0.15, -0.1) is 10.2 Å². The molecule has 2 saturated heterocycles. The monoisotopic (exact) mass is 534 g/mol. The van der Waals surface area contributed by atoms with Gasteiger partial charge in [-0.25, -0.2) is 26.8 Å². The zero-order valence-electron chi connectivity index (χ0n) is 20.7. The fourth-order valence-corrected chi connectivity index (χ4v) is 5.02. The number of piperidine rings is 1. The molecule has 3 atom stereocenters. The largest absolute Gasteiger partial charge is 0.479 e. The van der Waals surface area contributed by atoms with Crippen LogP contribution in [0.2, 0.25) is 0 Å². The van der Waals surface area contributed by atoms with Crippen LogP contribution in [0.15, 0.2) is 24.4 Å². The topological polar surface area (TPSA) is 94.6 Å². The number of benzene rings is 1. The molecule has 2 fully saturated rings. The van der Waals surface area contributed by atoms with Crippen LogP contribution in [0.4, 0.5) is 23.5 Å². The van der Waals surface area contributed by atoms with Gasteiger partial charge in [0.1, 0.15) is 23.2 Å². The molecule has 0 bridgehead atoms. The average molecular weight is 535 g/mol. The van der Waals surface area contributed by atoms with Crippen molar-refractivity contribution in [2.45, 2.75) is 44.1 Å². The number of ether oxygens (including phenoxy) is 2. The summed E-state index contributed by atoms with van der Waals surface area (Å²) in [6.07, 6.45) is -2.08. The highest BCUT2D eigenvalue weighted by Gasteiger charge is 2.36. The van der Waals surface area contributed by atoms with E-state index in [0.717, 1.165) is 4.68 Å². The standard InChI is InChI=1S/C24H26F4N8O2/c1-12(22(27)28)36-19-7-13(3-4-18(19)31-33-36)20-16(26)9-35-21(20)23(37-2)30-24(32-35)29-17-5-6-34(8-15(17)25)14-10-38-11-14/h3-4,7,9,12,14-15,17,22H,5-6,8,10-11H2,1-2H3,(H,29,32)/t12-,15-,17+/m1/s1. The number of anilines is 1. The van der Waals surface area contributed by atoms with Crippen LogP contribution in [0.5, 0.6) is 5.88 Å². The van der Waals surface area contributed by atoms with Gasteiger partial charge >= 0.3 is 0 Å². The van der Waals surface area contributed by atoms with Gasteiger partial charge in [-0.3, -0.25) is 4.90 Å². The summed E-state index contributed by atoms with van der Waals surface area (Å²) >= 11 is 0. The Bertz CT molecular complexity index is 1470. The third-order valence-corrected chi connectivity index (χ3v) is 7.28. The van der Waals surface area contributed by atoms with Crippen molar-refractivity contribution < 1.29 is 27.0 Å². The van der Waals surface area contributed by atoms with E-state index in [1.165, 1.54) is 24.7 Å². The van der Waals surface area contributed by atoms with Crippen molar-refractivity contribution in [2.75, 3.05) is 38.7 Å². The number of methoxy groups -OCH3 is 1. The lowest BCUT2D eigenvalue weighted by Gasteiger charge is -2.42. The first-order valence-electron chi connectivity index (χ1n) is 12.3. The Hall–Kier alpha value is -3.52. The molecule has 0 amide bonds. The Labute approximate surface area is 214 Å². The first kappa shape index (κ1) is 24.8. The van der Waals surface area contributed by atoms with Crippen molar-refractivity contribution in [3.8, 4) is 17.0 Å². The minimum absolute atomic E-state index is 0.0774. The molecule has 0 saturated carbocycles. The summed E-state index contributed by atoms with van der Waals surface area (Å²) in [5.41, 5.74) is 1.50. The molecule has 202 valence electrons. The van der Waals surface area contributed by atoms with Crippen molar-refractivity contribution in [3.05, 3.63) is 30.2 Å². The highest BCUT2D eigenvalue weighted by molar-refractivity contribution is 5.89. The predicted octanol–water partition coefficient (Wildman–Crippen LogP) is 3.34. The van der Waals surface area contributed by atoms with E-state index in [-0.39, 0.29) is 35.5 Å². The Kier molecular flexibility index (Phi) is 6.30. The molecule has 14 heteroatoms. The van der Waals surface area contributed by atoms with E-state index in [2.05, 4.69) is 30.6 Å². The number of hydrogen-bond donors (Lipinski definition) is 1. The van der Waals surface area contributed by atoms with Crippen LogP contribution in [0.25, 0.3) is 27.7 Å². The Balaban J connectivity index is 1.33. The number of rotatable bonds is 7. The van der Waals surface area contributed by atoms with Crippen molar-refractivity contribution in [3.63, 3.8) is 0 Å². The molecule has 5 heterocycles. The van der Waals surface area contributed by atoms with E-state index >= 15 is 4.39 Å². The molecule has 2 aliphatic rings. The number of fused-ring (bicyclic) bond motifs is 2. The number of alkyl halides is 3. The van der Waals surface area contributed by atoms with Gasteiger partial charge in [0.25, 0.3) is 6.43 Å². The lowest BCUT2D eigenvalue weighted by Crippen LogP contribution is -2.57. The summed E-state index contributed by atoms with van der Waals surface area (Å²) in [4.78, 5) is 6.48. The Morgan fingerprint density at radius 3 is 2.74 bits per heavy atom. The third-order valence-electron chi connectivity index (χ3n) is 7.28. The maximum absolute atomic E-state index is 15.3. The summed E-state index contributed by atoms with van der Waals surface area (Å²) in [5.74, 6) is -0.435. The van der Waals surface area contributed by atoms with E-state index in [1.807, 2.05) is 0 Å². The number of likely N-dealkylation sites (tertiary alicyclic amines) is 1. The minimum Gasteiger partial charge on any atom is -0.479 e. The molecule has 1 N–H and O–H groups in total. The molecule has 3 aromatic heterocycles. The molecule has 6 rings (SSSR count). The van der Waals surface area contributed by atoms with Crippen molar-refractivity contribution >= 4 is 22.5 Å². The van der Waals surface area contributed by atoms with Crippen molar-refractivity contribution in [1.29, 1.82) is 0 Å². The SMILES string of the molecule is COc1nc(N[C@H]2CCN(C3COC3)C[C@H]2F)nn2cc(F)c(-c3ccc4nnn([C@H](C)C(F)F)c4c3)c12. The highest BCUT2D eigenvalue weighted by atomic mass is 19.3. The minimum atomic E-state index is -2.65. The molecule has 0 radical (unpaired) electrons. The first-order valence-corrected chi connectivity index (χ1v) is 12.3.